The van der Waals surface area contributed by atoms with E-state index in [0.29, 0.717) is 6.42 Å². The van der Waals surface area contributed by atoms with Gasteiger partial charge in [-0.05, 0) is 61.2 Å². The summed E-state index contributed by atoms with van der Waals surface area (Å²) in [6.45, 7) is 3.69. The predicted octanol–water partition coefficient (Wildman–Crippen LogP) is 5.14. The number of aryl methyl sites for hydroxylation is 3. The first-order valence-corrected chi connectivity index (χ1v) is 12.6. The summed E-state index contributed by atoms with van der Waals surface area (Å²) >= 11 is 0. The molecule has 0 aliphatic heterocycles. The fourth-order valence-corrected chi connectivity index (χ4v) is 4.45. The van der Waals surface area contributed by atoms with Crippen LogP contribution in [0.15, 0.2) is 54.6 Å². The van der Waals surface area contributed by atoms with Gasteiger partial charge in [-0.3, -0.25) is 14.5 Å². The molecule has 0 aliphatic carbocycles. The maximum absolute atomic E-state index is 12.4. The van der Waals surface area contributed by atoms with Crippen LogP contribution in [0.25, 0.3) is 0 Å². The first-order valence-electron chi connectivity index (χ1n) is 11.1. The summed E-state index contributed by atoms with van der Waals surface area (Å²) in [5.41, 5.74) is 2.20. The standard InChI is InChI=1S/C26H27O9P/c1-16-11-17(2)13-22(12-16)35-36(32,33)34-21-8-4-18(5-9-21)3-6-19(27)7-10-23(29)26-24(30)14-20(28)15-25(26)31/h4-5,8-9,11-15,28,30-31H,3,6-7,10H2,1-2H3,(H,32,33). The Morgan fingerprint density at radius 1 is 0.778 bits per heavy atom. The van der Waals surface area contributed by atoms with Crippen LogP contribution in [-0.2, 0) is 15.8 Å². The van der Waals surface area contributed by atoms with Gasteiger partial charge in [0.15, 0.2) is 5.78 Å². The lowest BCUT2D eigenvalue weighted by Gasteiger charge is -2.15. The summed E-state index contributed by atoms with van der Waals surface area (Å²) in [5, 5.41) is 28.9. The summed E-state index contributed by atoms with van der Waals surface area (Å²) in [6, 6.07) is 13.3. The molecule has 10 heteroatoms. The minimum absolute atomic E-state index is 0.0801. The molecule has 1 unspecified atom stereocenters. The number of benzene rings is 3. The molecule has 0 saturated heterocycles. The number of ketones is 2. The van der Waals surface area contributed by atoms with E-state index in [2.05, 4.69) is 0 Å². The number of Topliss-reactive ketones (excluding diaryl/α,β-unsaturated/α-hetero) is 2. The van der Waals surface area contributed by atoms with Gasteiger partial charge in [0.2, 0.25) is 0 Å². The lowest BCUT2D eigenvalue weighted by molar-refractivity contribution is -0.119. The van der Waals surface area contributed by atoms with Crippen molar-refractivity contribution in [2.45, 2.75) is 39.5 Å². The van der Waals surface area contributed by atoms with Crippen molar-refractivity contribution >= 4 is 19.4 Å². The molecule has 0 amide bonds. The molecule has 190 valence electrons. The van der Waals surface area contributed by atoms with Gasteiger partial charge in [-0.1, -0.05) is 18.2 Å². The number of phenols is 3. The van der Waals surface area contributed by atoms with Crippen molar-refractivity contribution in [2.75, 3.05) is 0 Å². The lowest BCUT2D eigenvalue weighted by atomic mass is 10.00. The molecule has 0 heterocycles. The van der Waals surface area contributed by atoms with Gasteiger partial charge in [0, 0.05) is 31.4 Å². The molecule has 9 nitrogen and oxygen atoms in total. The van der Waals surface area contributed by atoms with Crippen LogP contribution in [0, 0.1) is 13.8 Å². The molecule has 4 N–H and O–H groups in total. The molecule has 0 bridgehead atoms. The van der Waals surface area contributed by atoms with Crippen LogP contribution in [0.2, 0.25) is 0 Å². The Hall–Kier alpha value is -3.81. The number of phosphoric ester groups is 1. The van der Waals surface area contributed by atoms with Crippen LogP contribution < -0.4 is 9.05 Å². The Kier molecular flexibility index (Phi) is 8.40. The first-order chi connectivity index (χ1) is 16.9. The smallest absolute Gasteiger partial charge is 0.508 e. The van der Waals surface area contributed by atoms with Crippen molar-refractivity contribution in [2.24, 2.45) is 0 Å². The van der Waals surface area contributed by atoms with Crippen LogP contribution in [0.4, 0.5) is 0 Å². The molecule has 3 aromatic carbocycles. The number of carbonyl (C=O) groups is 2. The van der Waals surface area contributed by atoms with E-state index in [9.17, 15) is 34.4 Å². The number of hydrogen-bond acceptors (Lipinski definition) is 8. The van der Waals surface area contributed by atoms with E-state index in [0.717, 1.165) is 28.8 Å². The Balaban J connectivity index is 1.49. The van der Waals surface area contributed by atoms with Crippen molar-refractivity contribution in [3.63, 3.8) is 0 Å². The summed E-state index contributed by atoms with van der Waals surface area (Å²) in [6.07, 6.45) is 0.237. The topological polar surface area (TPSA) is 151 Å². The summed E-state index contributed by atoms with van der Waals surface area (Å²) < 4.78 is 22.6. The van der Waals surface area contributed by atoms with Crippen molar-refractivity contribution in [3.8, 4) is 28.7 Å². The van der Waals surface area contributed by atoms with Gasteiger partial charge in [0.1, 0.15) is 40.1 Å². The highest BCUT2D eigenvalue weighted by Gasteiger charge is 2.25. The Labute approximate surface area is 208 Å². The van der Waals surface area contributed by atoms with Gasteiger partial charge in [-0.15, -0.1) is 0 Å². The third kappa shape index (κ3) is 7.60. The fraction of sp³-hybridized carbons (Fsp3) is 0.231. The Bertz CT molecular complexity index is 1270. The number of rotatable bonds is 11. The Morgan fingerprint density at radius 3 is 1.92 bits per heavy atom. The molecular weight excluding hydrogens is 487 g/mol. The summed E-state index contributed by atoms with van der Waals surface area (Å²) in [7, 11) is -4.41. The van der Waals surface area contributed by atoms with Crippen LogP contribution in [0.1, 0.15) is 46.3 Å². The average molecular weight is 514 g/mol. The number of phenolic OH excluding ortho intramolecular Hbond substituents is 3. The van der Waals surface area contributed by atoms with Crippen molar-refractivity contribution in [1.82, 2.24) is 0 Å². The second-order valence-electron chi connectivity index (χ2n) is 8.44. The largest absolute Gasteiger partial charge is 0.584 e. The molecule has 0 aliphatic rings. The van der Waals surface area contributed by atoms with E-state index >= 15 is 0 Å². The van der Waals surface area contributed by atoms with Gasteiger partial charge in [-0.2, -0.15) is 0 Å². The molecule has 3 aromatic rings. The van der Waals surface area contributed by atoms with E-state index in [4.69, 9.17) is 9.05 Å². The highest BCUT2D eigenvalue weighted by Crippen LogP contribution is 2.44. The van der Waals surface area contributed by atoms with E-state index in [1.807, 2.05) is 19.9 Å². The third-order valence-corrected chi connectivity index (χ3v) is 6.13. The number of aromatic hydroxyl groups is 3. The monoisotopic (exact) mass is 514 g/mol. The fourth-order valence-electron chi connectivity index (χ4n) is 3.66. The van der Waals surface area contributed by atoms with E-state index in [-0.39, 0.29) is 47.9 Å². The summed E-state index contributed by atoms with van der Waals surface area (Å²) in [5.74, 6) is -1.95. The summed E-state index contributed by atoms with van der Waals surface area (Å²) in [4.78, 5) is 34.6. The molecule has 0 saturated carbocycles. The van der Waals surface area contributed by atoms with Gasteiger partial charge < -0.3 is 24.4 Å². The minimum atomic E-state index is -4.41. The van der Waals surface area contributed by atoms with E-state index in [1.54, 1.807) is 24.3 Å². The Morgan fingerprint density at radius 2 is 1.33 bits per heavy atom. The van der Waals surface area contributed by atoms with Crippen LogP contribution >= 0.6 is 7.82 Å². The maximum atomic E-state index is 12.4. The SMILES string of the molecule is Cc1cc(C)cc(OP(=O)(O)Oc2ccc(CCC(=O)CCC(=O)c3c(O)cc(O)cc3O)cc2)c1. The average Bonchev–Trinajstić information content (AvgIpc) is 2.75. The maximum Gasteiger partial charge on any atom is 0.584 e. The number of carbonyl (C=O) groups excluding carboxylic acids is 2. The van der Waals surface area contributed by atoms with Crippen LogP contribution in [-0.4, -0.2) is 31.8 Å². The van der Waals surface area contributed by atoms with Crippen LogP contribution in [0.5, 0.6) is 28.7 Å². The van der Waals surface area contributed by atoms with Gasteiger partial charge >= 0.3 is 7.82 Å². The minimum Gasteiger partial charge on any atom is -0.508 e. The molecule has 0 fully saturated rings. The second-order valence-corrected chi connectivity index (χ2v) is 9.74. The third-order valence-electron chi connectivity index (χ3n) is 5.24. The highest BCUT2D eigenvalue weighted by molar-refractivity contribution is 7.48. The van der Waals surface area contributed by atoms with Crippen molar-refractivity contribution in [1.29, 1.82) is 0 Å². The second kappa shape index (κ2) is 11.3. The molecule has 0 spiro atoms. The van der Waals surface area contributed by atoms with Gasteiger partial charge in [0.05, 0.1) is 0 Å². The van der Waals surface area contributed by atoms with Crippen molar-refractivity contribution < 1.29 is 43.4 Å². The normalized spacial score (nSPS) is 12.5. The molecule has 3 rings (SSSR count). The predicted molar refractivity (Wildman–Crippen MR) is 132 cm³/mol. The van der Waals surface area contributed by atoms with Crippen LogP contribution in [0.3, 0.4) is 0 Å². The van der Waals surface area contributed by atoms with E-state index in [1.165, 1.54) is 12.1 Å². The van der Waals surface area contributed by atoms with Gasteiger partial charge in [0.25, 0.3) is 0 Å². The molecule has 0 aromatic heterocycles. The zero-order valence-corrected chi connectivity index (χ0v) is 20.7. The first kappa shape index (κ1) is 26.8. The molecule has 36 heavy (non-hydrogen) atoms. The molecule has 0 radical (unpaired) electrons. The number of phosphoric acid groups is 1. The highest BCUT2D eigenvalue weighted by atomic mass is 31.2. The zero-order chi connectivity index (χ0) is 26.5. The zero-order valence-electron chi connectivity index (χ0n) is 19.8. The molecule has 1 atom stereocenters. The molecular formula is C26H27O9P. The van der Waals surface area contributed by atoms with Gasteiger partial charge in [-0.25, -0.2) is 4.57 Å². The number of hydrogen-bond donors (Lipinski definition) is 4. The van der Waals surface area contributed by atoms with E-state index < -0.39 is 25.1 Å². The van der Waals surface area contributed by atoms with Crippen molar-refractivity contribution in [3.05, 3.63) is 76.9 Å². The quantitative estimate of drug-likeness (QED) is 0.201. The lowest BCUT2D eigenvalue weighted by Crippen LogP contribution is -2.06.